The molecule has 0 bridgehead atoms. The number of phenols is 1. The number of aliphatic hydroxyl groups excluding tert-OH is 1. The van der Waals surface area contributed by atoms with E-state index in [1.165, 1.54) is 6.07 Å². The molecule has 2 N–H and O–H groups in total. The molecule has 0 saturated heterocycles. The Labute approximate surface area is 90.3 Å². The lowest BCUT2D eigenvalue weighted by molar-refractivity contribution is -0.0260. The number of rotatable bonds is 6. The summed E-state index contributed by atoms with van der Waals surface area (Å²) in [6, 6.07) is 6.64. The van der Waals surface area contributed by atoms with Crippen molar-refractivity contribution in [3.63, 3.8) is 0 Å². The molecule has 0 aromatic heterocycles. The predicted molar refractivity (Wildman–Crippen MR) is 58.9 cm³/mol. The van der Waals surface area contributed by atoms with Gasteiger partial charge < -0.3 is 14.9 Å². The van der Waals surface area contributed by atoms with E-state index in [9.17, 15) is 10.2 Å². The second-order valence-corrected chi connectivity index (χ2v) is 3.54. The molecular weight excluding hydrogens is 192 g/mol. The molecule has 1 rings (SSSR count). The number of hydrogen-bond donors (Lipinski definition) is 2. The lowest BCUT2D eigenvalue weighted by Gasteiger charge is -2.13. The summed E-state index contributed by atoms with van der Waals surface area (Å²) in [7, 11) is 0. The van der Waals surface area contributed by atoms with Crippen LogP contribution in [0.5, 0.6) is 11.5 Å². The van der Waals surface area contributed by atoms with Crippen molar-refractivity contribution in [1.29, 1.82) is 0 Å². The Morgan fingerprint density at radius 1 is 1.27 bits per heavy atom. The first-order valence-corrected chi connectivity index (χ1v) is 5.36. The van der Waals surface area contributed by atoms with Gasteiger partial charge in [0, 0.05) is 6.42 Å². The van der Waals surface area contributed by atoms with Crippen LogP contribution in [0.15, 0.2) is 24.3 Å². The second-order valence-electron chi connectivity index (χ2n) is 3.54. The lowest BCUT2D eigenvalue weighted by Crippen LogP contribution is -2.15. The quantitative estimate of drug-likeness (QED) is 0.560. The number of aromatic hydroxyl groups is 1. The number of unbranched alkanes of at least 4 members (excludes halogenated alkanes) is 2. The molecule has 1 aromatic carbocycles. The Hall–Kier alpha value is -1.22. The molecule has 3 heteroatoms. The van der Waals surface area contributed by atoms with E-state index < -0.39 is 6.29 Å². The highest BCUT2D eigenvalue weighted by Gasteiger charge is 2.07. The maximum Gasteiger partial charge on any atom is 0.197 e. The molecule has 0 heterocycles. The van der Waals surface area contributed by atoms with Crippen molar-refractivity contribution in [3.05, 3.63) is 24.3 Å². The first-order valence-electron chi connectivity index (χ1n) is 5.36. The summed E-state index contributed by atoms with van der Waals surface area (Å²) >= 11 is 0. The van der Waals surface area contributed by atoms with Crippen molar-refractivity contribution in [3.8, 4) is 11.5 Å². The van der Waals surface area contributed by atoms with E-state index in [-0.39, 0.29) is 5.75 Å². The van der Waals surface area contributed by atoms with E-state index in [4.69, 9.17) is 4.74 Å². The van der Waals surface area contributed by atoms with Crippen LogP contribution in [0.3, 0.4) is 0 Å². The van der Waals surface area contributed by atoms with Crippen LogP contribution in [0.4, 0.5) is 0 Å². The van der Waals surface area contributed by atoms with Gasteiger partial charge in [-0.2, -0.15) is 0 Å². The normalized spacial score (nSPS) is 12.4. The van der Waals surface area contributed by atoms with E-state index in [1.807, 2.05) is 0 Å². The zero-order valence-electron chi connectivity index (χ0n) is 9.02. The maximum absolute atomic E-state index is 9.52. The highest BCUT2D eigenvalue weighted by Crippen LogP contribution is 2.25. The van der Waals surface area contributed by atoms with Crippen molar-refractivity contribution in [2.45, 2.75) is 38.9 Å². The van der Waals surface area contributed by atoms with Crippen LogP contribution in [0.1, 0.15) is 32.6 Å². The largest absolute Gasteiger partial charge is 0.504 e. The van der Waals surface area contributed by atoms with Crippen molar-refractivity contribution < 1.29 is 14.9 Å². The summed E-state index contributed by atoms with van der Waals surface area (Å²) in [6.45, 7) is 2.11. The fraction of sp³-hybridized carbons (Fsp3) is 0.500. The van der Waals surface area contributed by atoms with Gasteiger partial charge in [0.15, 0.2) is 17.8 Å². The minimum atomic E-state index is -0.829. The van der Waals surface area contributed by atoms with Crippen LogP contribution in [0.2, 0.25) is 0 Å². The minimum Gasteiger partial charge on any atom is -0.504 e. The second kappa shape index (κ2) is 6.30. The molecule has 0 aliphatic rings. The summed E-state index contributed by atoms with van der Waals surface area (Å²) in [5, 5.41) is 18.9. The van der Waals surface area contributed by atoms with Crippen molar-refractivity contribution in [1.82, 2.24) is 0 Å². The van der Waals surface area contributed by atoms with E-state index in [2.05, 4.69) is 6.92 Å². The van der Waals surface area contributed by atoms with Gasteiger partial charge in [0.1, 0.15) is 0 Å². The van der Waals surface area contributed by atoms with Crippen LogP contribution in [0.25, 0.3) is 0 Å². The van der Waals surface area contributed by atoms with Gasteiger partial charge in [-0.3, -0.25) is 0 Å². The summed E-state index contributed by atoms with van der Waals surface area (Å²) in [6.07, 6.45) is 2.91. The molecule has 0 spiro atoms. The van der Waals surface area contributed by atoms with Crippen molar-refractivity contribution >= 4 is 0 Å². The average molecular weight is 210 g/mol. The lowest BCUT2D eigenvalue weighted by atomic mass is 10.2. The fourth-order valence-electron chi connectivity index (χ4n) is 1.33. The molecule has 84 valence electrons. The monoisotopic (exact) mass is 210 g/mol. The number of benzene rings is 1. The maximum atomic E-state index is 9.52. The number of hydrogen-bond acceptors (Lipinski definition) is 3. The first kappa shape index (κ1) is 11.9. The molecule has 0 amide bonds. The SMILES string of the molecule is CCCCCC(O)Oc1ccccc1O. The van der Waals surface area contributed by atoms with Gasteiger partial charge >= 0.3 is 0 Å². The third kappa shape index (κ3) is 4.21. The van der Waals surface area contributed by atoms with Gasteiger partial charge in [-0.25, -0.2) is 0 Å². The Morgan fingerprint density at radius 3 is 2.67 bits per heavy atom. The first-order chi connectivity index (χ1) is 7.24. The smallest absolute Gasteiger partial charge is 0.197 e. The van der Waals surface area contributed by atoms with Gasteiger partial charge in [0.2, 0.25) is 0 Å². The van der Waals surface area contributed by atoms with Crippen molar-refractivity contribution in [2.75, 3.05) is 0 Å². The molecule has 1 atom stereocenters. The van der Waals surface area contributed by atoms with Crippen LogP contribution in [-0.2, 0) is 0 Å². The highest BCUT2D eigenvalue weighted by atomic mass is 16.6. The Bertz CT molecular complexity index is 286. The molecule has 3 nitrogen and oxygen atoms in total. The minimum absolute atomic E-state index is 0.0621. The number of para-hydroxylation sites is 2. The summed E-state index contributed by atoms with van der Waals surface area (Å²) in [5.74, 6) is 0.397. The summed E-state index contributed by atoms with van der Waals surface area (Å²) in [4.78, 5) is 0. The molecule has 0 saturated carbocycles. The Morgan fingerprint density at radius 2 is 2.00 bits per heavy atom. The molecule has 1 aromatic rings. The standard InChI is InChI=1S/C12H18O3/c1-2-3-4-9-12(14)15-11-8-6-5-7-10(11)13/h5-8,12-14H,2-4,9H2,1H3. The summed E-state index contributed by atoms with van der Waals surface area (Å²) in [5.41, 5.74) is 0. The van der Waals surface area contributed by atoms with Crippen LogP contribution in [-0.4, -0.2) is 16.5 Å². The van der Waals surface area contributed by atoms with Crippen molar-refractivity contribution in [2.24, 2.45) is 0 Å². The zero-order chi connectivity index (χ0) is 11.1. The van der Waals surface area contributed by atoms with E-state index in [0.717, 1.165) is 19.3 Å². The number of ether oxygens (including phenoxy) is 1. The third-order valence-corrected chi connectivity index (χ3v) is 2.18. The van der Waals surface area contributed by atoms with E-state index in [1.54, 1.807) is 18.2 Å². The highest BCUT2D eigenvalue weighted by molar-refractivity contribution is 5.37. The van der Waals surface area contributed by atoms with Gasteiger partial charge in [0.25, 0.3) is 0 Å². The van der Waals surface area contributed by atoms with Crippen LogP contribution < -0.4 is 4.74 Å². The number of aliphatic hydroxyl groups is 1. The molecule has 15 heavy (non-hydrogen) atoms. The molecule has 0 radical (unpaired) electrons. The molecule has 0 aliphatic heterocycles. The number of phenolic OH excluding ortho intramolecular Hbond substituents is 1. The molecule has 1 unspecified atom stereocenters. The Kier molecular flexibility index (Phi) is 4.98. The van der Waals surface area contributed by atoms with Gasteiger partial charge in [0.05, 0.1) is 0 Å². The topological polar surface area (TPSA) is 49.7 Å². The predicted octanol–water partition coefficient (Wildman–Crippen LogP) is 2.67. The third-order valence-electron chi connectivity index (χ3n) is 2.18. The van der Waals surface area contributed by atoms with Gasteiger partial charge in [-0.05, 0) is 18.6 Å². The molecule has 0 aliphatic carbocycles. The van der Waals surface area contributed by atoms with Crippen LogP contribution >= 0.6 is 0 Å². The van der Waals surface area contributed by atoms with Gasteiger partial charge in [-0.15, -0.1) is 0 Å². The molecule has 0 fully saturated rings. The fourth-order valence-corrected chi connectivity index (χ4v) is 1.33. The summed E-state index contributed by atoms with van der Waals surface area (Å²) < 4.78 is 5.20. The molecular formula is C12H18O3. The average Bonchev–Trinajstić information content (AvgIpc) is 2.22. The van der Waals surface area contributed by atoms with Crippen LogP contribution in [0, 0.1) is 0 Å². The van der Waals surface area contributed by atoms with E-state index >= 15 is 0 Å². The van der Waals surface area contributed by atoms with Gasteiger partial charge in [-0.1, -0.05) is 31.9 Å². The Balaban J connectivity index is 2.37. The zero-order valence-corrected chi connectivity index (χ0v) is 9.02. The van der Waals surface area contributed by atoms with E-state index in [0.29, 0.717) is 12.2 Å².